The molecule has 1 saturated heterocycles. The maximum atomic E-state index is 6.31. The van der Waals surface area contributed by atoms with Crippen LogP contribution in [0.15, 0.2) is 30.3 Å². The monoisotopic (exact) mass is 273 g/mol. The molecule has 2 aliphatic rings. The first kappa shape index (κ1) is 14.1. The normalized spacial score (nSPS) is 29.4. The molecule has 20 heavy (non-hydrogen) atoms. The summed E-state index contributed by atoms with van der Waals surface area (Å²) < 4.78 is 0. The average molecular weight is 273 g/mol. The third kappa shape index (κ3) is 3.40. The highest BCUT2D eigenvalue weighted by Gasteiger charge is 2.29. The summed E-state index contributed by atoms with van der Waals surface area (Å²) in [7, 11) is 0. The Labute approximate surface area is 122 Å². The zero-order valence-corrected chi connectivity index (χ0v) is 12.4. The number of hydrogen-bond donors (Lipinski definition) is 1. The van der Waals surface area contributed by atoms with Crippen molar-refractivity contribution < 1.29 is 0 Å². The molecule has 3 heteroatoms. The molecule has 1 saturated carbocycles. The maximum Gasteiger partial charge on any atom is 0.0248 e. The van der Waals surface area contributed by atoms with Crippen molar-refractivity contribution in [3.8, 4) is 0 Å². The fraction of sp³-hybridized carbons (Fsp3) is 0.647. The van der Waals surface area contributed by atoms with Crippen molar-refractivity contribution in [3.05, 3.63) is 35.9 Å². The molecule has 0 spiro atoms. The van der Waals surface area contributed by atoms with Crippen molar-refractivity contribution in [1.82, 2.24) is 9.80 Å². The van der Waals surface area contributed by atoms with Crippen LogP contribution in [0.3, 0.4) is 0 Å². The summed E-state index contributed by atoms with van der Waals surface area (Å²) >= 11 is 0. The van der Waals surface area contributed by atoms with Crippen LogP contribution in [0.5, 0.6) is 0 Å². The minimum atomic E-state index is 0.407. The molecular formula is C17H27N3. The van der Waals surface area contributed by atoms with Crippen LogP contribution in [0.4, 0.5) is 0 Å². The highest BCUT2D eigenvalue weighted by Crippen LogP contribution is 2.23. The molecule has 1 aliphatic heterocycles. The first-order valence-corrected chi connectivity index (χ1v) is 8.09. The van der Waals surface area contributed by atoms with Gasteiger partial charge in [-0.15, -0.1) is 0 Å². The lowest BCUT2D eigenvalue weighted by molar-refractivity contribution is 0.0663. The summed E-state index contributed by atoms with van der Waals surface area (Å²) in [5.41, 5.74) is 7.74. The Balaban J connectivity index is 1.49. The average Bonchev–Trinajstić information content (AvgIpc) is 2.50. The first-order chi connectivity index (χ1) is 9.83. The zero-order valence-electron chi connectivity index (χ0n) is 12.4. The minimum absolute atomic E-state index is 0.407. The van der Waals surface area contributed by atoms with Gasteiger partial charge in [0, 0.05) is 44.8 Å². The summed E-state index contributed by atoms with van der Waals surface area (Å²) in [5, 5.41) is 0. The molecule has 2 fully saturated rings. The Morgan fingerprint density at radius 1 is 0.950 bits per heavy atom. The molecule has 1 aromatic carbocycles. The number of hydrogen-bond acceptors (Lipinski definition) is 3. The number of nitrogens with two attached hydrogens (primary N) is 1. The van der Waals surface area contributed by atoms with Crippen molar-refractivity contribution in [2.75, 3.05) is 26.2 Å². The van der Waals surface area contributed by atoms with E-state index in [1.807, 2.05) is 0 Å². The highest BCUT2D eigenvalue weighted by molar-refractivity contribution is 5.14. The van der Waals surface area contributed by atoms with Gasteiger partial charge < -0.3 is 5.73 Å². The lowest BCUT2D eigenvalue weighted by Gasteiger charge is -2.43. The topological polar surface area (TPSA) is 32.5 Å². The molecule has 3 nitrogen and oxygen atoms in total. The Hall–Kier alpha value is -0.900. The van der Waals surface area contributed by atoms with E-state index >= 15 is 0 Å². The molecule has 1 heterocycles. The fourth-order valence-corrected chi connectivity index (χ4v) is 3.69. The van der Waals surface area contributed by atoms with Crippen LogP contribution >= 0.6 is 0 Å². The van der Waals surface area contributed by atoms with Crippen molar-refractivity contribution in [3.63, 3.8) is 0 Å². The summed E-state index contributed by atoms with van der Waals surface area (Å²) in [5.74, 6) is 0. The van der Waals surface area contributed by atoms with Gasteiger partial charge in [-0.1, -0.05) is 43.2 Å². The predicted molar refractivity (Wildman–Crippen MR) is 83.5 cm³/mol. The van der Waals surface area contributed by atoms with Crippen molar-refractivity contribution in [1.29, 1.82) is 0 Å². The molecule has 2 N–H and O–H groups in total. The van der Waals surface area contributed by atoms with Gasteiger partial charge in [0.15, 0.2) is 0 Å². The second-order valence-electron chi connectivity index (χ2n) is 6.31. The molecule has 0 radical (unpaired) electrons. The van der Waals surface area contributed by atoms with E-state index < -0.39 is 0 Å². The Morgan fingerprint density at radius 2 is 1.65 bits per heavy atom. The molecule has 0 unspecified atom stereocenters. The summed E-state index contributed by atoms with van der Waals surface area (Å²) in [6, 6.07) is 11.9. The van der Waals surface area contributed by atoms with Crippen LogP contribution in [0.2, 0.25) is 0 Å². The molecule has 0 amide bonds. The number of piperazine rings is 1. The third-order valence-electron chi connectivity index (χ3n) is 4.91. The number of nitrogens with zero attached hydrogens (tertiary/aromatic N) is 2. The van der Waals surface area contributed by atoms with E-state index in [9.17, 15) is 0 Å². The molecule has 3 rings (SSSR count). The highest BCUT2D eigenvalue weighted by atomic mass is 15.3. The molecule has 1 aromatic rings. The van der Waals surface area contributed by atoms with Gasteiger partial charge in [-0.3, -0.25) is 9.80 Å². The number of benzene rings is 1. The minimum Gasteiger partial charge on any atom is -0.326 e. The second-order valence-corrected chi connectivity index (χ2v) is 6.31. The van der Waals surface area contributed by atoms with Crippen LogP contribution in [0.1, 0.15) is 31.2 Å². The quantitative estimate of drug-likeness (QED) is 0.915. The zero-order chi connectivity index (χ0) is 13.8. The lowest BCUT2D eigenvalue weighted by Crippen LogP contribution is -2.56. The Bertz CT molecular complexity index is 398. The molecule has 2 atom stereocenters. The van der Waals surface area contributed by atoms with Gasteiger partial charge in [-0.25, -0.2) is 0 Å². The fourth-order valence-electron chi connectivity index (χ4n) is 3.69. The van der Waals surface area contributed by atoms with Crippen LogP contribution in [-0.4, -0.2) is 48.1 Å². The second kappa shape index (κ2) is 6.70. The summed E-state index contributed by atoms with van der Waals surface area (Å²) in [6.07, 6.45) is 5.21. The predicted octanol–water partition coefficient (Wildman–Crippen LogP) is 2.07. The van der Waals surface area contributed by atoms with Crippen molar-refractivity contribution >= 4 is 0 Å². The molecule has 0 bridgehead atoms. The molecule has 110 valence electrons. The Morgan fingerprint density at radius 3 is 2.35 bits per heavy atom. The summed E-state index contributed by atoms with van der Waals surface area (Å²) in [4.78, 5) is 5.21. The van der Waals surface area contributed by atoms with E-state index in [0.29, 0.717) is 12.1 Å². The largest absolute Gasteiger partial charge is 0.326 e. The third-order valence-corrected chi connectivity index (χ3v) is 4.91. The van der Waals surface area contributed by atoms with E-state index in [2.05, 4.69) is 40.1 Å². The first-order valence-electron chi connectivity index (χ1n) is 8.09. The molecule has 1 aliphatic carbocycles. The van der Waals surface area contributed by atoms with Gasteiger partial charge >= 0.3 is 0 Å². The van der Waals surface area contributed by atoms with Crippen LogP contribution in [-0.2, 0) is 6.54 Å². The van der Waals surface area contributed by atoms with E-state index in [1.165, 1.54) is 57.4 Å². The van der Waals surface area contributed by atoms with Gasteiger partial charge in [-0.05, 0) is 18.4 Å². The van der Waals surface area contributed by atoms with Crippen LogP contribution < -0.4 is 5.73 Å². The van der Waals surface area contributed by atoms with Crippen molar-refractivity contribution in [2.24, 2.45) is 5.73 Å². The molecule has 0 aromatic heterocycles. The summed E-state index contributed by atoms with van der Waals surface area (Å²) in [6.45, 7) is 5.82. The molecular weight excluding hydrogens is 246 g/mol. The Kier molecular flexibility index (Phi) is 4.71. The maximum absolute atomic E-state index is 6.31. The van der Waals surface area contributed by atoms with Crippen LogP contribution in [0, 0.1) is 0 Å². The van der Waals surface area contributed by atoms with Gasteiger partial charge in [-0.2, -0.15) is 0 Å². The van der Waals surface area contributed by atoms with E-state index in [1.54, 1.807) is 0 Å². The smallest absolute Gasteiger partial charge is 0.0248 e. The van der Waals surface area contributed by atoms with Gasteiger partial charge in [0.05, 0.1) is 0 Å². The standard InChI is InChI=1S/C17H27N3/c18-16-8-4-5-9-17(16)20-12-10-19(11-13-20)14-15-6-2-1-3-7-15/h1-3,6-7,16-17H,4-5,8-14,18H2/t16-,17+/m1/s1. The van der Waals surface area contributed by atoms with Gasteiger partial charge in [0.25, 0.3) is 0 Å². The lowest BCUT2D eigenvalue weighted by atomic mass is 9.89. The SMILES string of the molecule is N[C@@H]1CCCC[C@@H]1N1CCN(Cc2ccccc2)CC1. The van der Waals surface area contributed by atoms with E-state index in [4.69, 9.17) is 5.73 Å². The number of rotatable bonds is 3. The van der Waals surface area contributed by atoms with Gasteiger partial charge in [0.2, 0.25) is 0 Å². The van der Waals surface area contributed by atoms with Crippen molar-refractivity contribution in [2.45, 2.75) is 44.3 Å². The van der Waals surface area contributed by atoms with E-state index in [-0.39, 0.29) is 0 Å². The van der Waals surface area contributed by atoms with Gasteiger partial charge in [0.1, 0.15) is 0 Å². The van der Waals surface area contributed by atoms with Crippen LogP contribution in [0.25, 0.3) is 0 Å². The van der Waals surface area contributed by atoms with E-state index in [0.717, 1.165) is 6.54 Å².